The summed E-state index contributed by atoms with van der Waals surface area (Å²) in [5.41, 5.74) is 1.06. The molecule has 1 aromatic rings. The Labute approximate surface area is 141 Å². The van der Waals surface area contributed by atoms with Gasteiger partial charge in [0.1, 0.15) is 0 Å². The molecule has 0 radical (unpaired) electrons. The lowest BCUT2D eigenvalue weighted by molar-refractivity contribution is 0.315. The van der Waals surface area contributed by atoms with Gasteiger partial charge in [-0.25, -0.2) is 0 Å². The summed E-state index contributed by atoms with van der Waals surface area (Å²) in [5, 5.41) is 5.29. The molecular weight excluding hydrogens is 336 g/mol. The SMILES string of the molecule is CCCNCC(C)(C)CCc1c(Cl)cc(Cl)c(Cl)c1Cl. The molecule has 0 heterocycles. The van der Waals surface area contributed by atoms with Crippen molar-refractivity contribution >= 4 is 46.4 Å². The number of halogens is 4. The zero-order valence-corrected chi connectivity index (χ0v) is 15.1. The van der Waals surface area contributed by atoms with E-state index in [9.17, 15) is 0 Å². The van der Waals surface area contributed by atoms with E-state index in [0.717, 1.165) is 37.9 Å². The Morgan fingerprint density at radius 3 is 2.30 bits per heavy atom. The van der Waals surface area contributed by atoms with Crippen LogP contribution in [-0.2, 0) is 6.42 Å². The monoisotopic (exact) mass is 355 g/mol. The maximum absolute atomic E-state index is 6.24. The Hall–Kier alpha value is 0.340. The summed E-state index contributed by atoms with van der Waals surface area (Å²) in [6.07, 6.45) is 2.90. The Morgan fingerprint density at radius 1 is 1.05 bits per heavy atom. The van der Waals surface area contributed by atoms with Crippen LogP contribution >= 0.6 is 46.4 Å². The van der Waals surface area contributed by atoms with E-state index in [1.165, 1.54) is 0 Å². The first kappa shape index (κ1) is 18.4. The van der Waals surface area contributed by atoms with E-state index in [1.807, 2.05) is 0 Å². The summed E-state index contributed by atoms with van der Waals surface area (Å²) in [6.45, 7) is 8.63. The van der Waals surface area contributed by atoms with Gasteiger partial charge >= 0.3 is 0 Å². The molecule has 0 fully saturated rings. The number of hydrogen-bond acceptors (Lipinski definition) is 1. The zero-order chi connectivity index (χ0) is 15.3. The highest BCUT2D eigenvalue weighted by molar-refractivity contribution is 6.49. The highest BCUT2D eigenvalue weighted by Crippen LogP contribution is 2.39. The third-order valence-electron chi connectivity index (χ3n) is 3.29. The maximum atomic E-state index is 6.24. The first-order valence-corrected chi connectivity index (χ1v) is 8.32. The van der Waals surface area contributed by atoms with Crippen molar-refractivity contribution < 1.29 is 0 Å². The maximum Gasteiger partial charge on any atom is 0.0782 e. The summed E-state index contributed by atoms with van der Waals surface area (Å²) < 4.78 is 0. The third kappa shape index (κ3) is 5.27. The van der Waals surface area contributed by atoms with Crippen LogP contribution in [-0.4, -0.2) is 13.1 Å². The van der Waals surface area contributed by atoms with Gasteiger partial charge in [0.15, 0.2) is 0 Å². The summed E-state index contributed by atoms with van der Waals surface area (Å²) in [4.78, 5) is 0. The molecule has 0 saturated carbocycles. The zero-order valence-electron chi connectivity index (χ0n) is 12.1. The molecule has 0 spiro atoms. The lowest BCUT2D eigenvalue weighted by atomic mass is 9.86. The number of rotatable bonds is 7. The fourth-order valence-corrected chi connectivity index (χ4v) is 3.11. The molecule has 0 amide bonds. The lowest BCUT2D eigenvalue weighted by Crippen LogP contribution is -2.30. The van der Waals surface area contributed by atoms with Gasteiger partial charge in [0.05, 0.1) is 15.1 Å². The van der Waals surface area contributed by atoms with Crippen LogP contribution in [0.3, 0.4) is 0 Å². The molecular formula is C15H21Cl4N. The molecule has 5 heteroatoms. The van der Waals surface area contributed by atoms with Gasteiger partial charge in [-0.3, -0.25) is 0 Å². The van der Waals surface area contributed by atoms with Gasteiger partial charge in [-0.05, 0) is 42.9 Å². The fraction of sp³-hybridized carbons (Fsp3) is 0.600. The first-order chi connectivity index (χ1) is 9.28. The second-order valence-corrected chi connectivity index (χ2v) is 7.36. The predicted molar refractivity (Wildman–Crippen MR) is 91.7 cm³/mol. The highest BCUT2D eigenvalue weighted by atomic mass is 35.5. The summed E-state index contributed by atoms with van der Waals surface area (Å²) in [6, 6.07) is 1.66. The van der Waals surface area contributed by atoms with E-state index >= 15 is 0 Å². The minimum Gasteiger partial charge on any atom is -0.316 e. The fourth-order valence-electron chi connectivity index (χ4n) is 1.99. The average molecular weight is 357 g/mol. The molecule has 0 bridgehead atoms. The molecule has 0 aliphatic heterocycles. The summed E-state index contributed by atoms with van der Waals surface area (Å²) in [5.74, 6) is 0. The first-order valence-electron chi connectivity index (χ1n) is 6.81. The molecule has 0 aliphatic carbocycles. The number of hydrogen-bond donors (Lipinski definition) is 1. The molecule has 1 nitrogen and oxygen atoms in total. The number of benzene rings is 1. The molecule has 0 atom stereocenters. The van der Waals surface area contributed by atoms with Crippen LogP contribution in [0.4, 0.5) is 0 Å². The standard InChI is InChI=1S/C15H21Cl4N/c1-4-7-20-9-15(2,3)6-5-10-11(16)8-12(17)14(19)13(10)18/h8,20H,4-7,9H2,1-3H3. The van der Waals surface area contributed by atoms with Crippen molar-refractivity contribution in [1.82, 2.24) is 5.32 Å². The summed E-state index contributed by atoms with van der Waals surface area (Å²) >= 11 is 24.5. The van der Waals surface area contributed by atoms with Crippen LogP contribution in [0.1, 0.15) is 39.2 Å². The minimum absolute atomic E-state index is 0.175. The van der Waals surface area contributed by atoms with Crippen LogP contribution in [0.2, 0.25) is 20.1 Å². The predicted octanol–water partition coefficient (Wildman–Crippen LogP) is 6.26. The van der Waals surface area contributed by atoms with E-state index in [4.69, 9.17) is 46.4 Å². The van der Waals surface area contributed by atoms with Crippen molar-refractivity contribution in [3.8, 4) is 0 Å². The summed E-state index contributed by atoms with van der Waals surface area (Å²) in [7, 11) is 0. The van der Waals surface area contributed by atoms with E-state index in [0.29, 0.717) is 20.1 Å². The minimum atomic E-state index is 0.175. The van der Waals surface area contributed by atoms with E-state index < -0.39 is 0 Å². The normalized spacial score (nSPS) is 11.9. The Balaban J connectivity index is 2.72. The molecule has 0 aromatic heterocycles. The van der Waals surface area contributed by atoms with E-state index in [-0.39, 0.29) is 5.41 Å². The van der Waals surface area contributed by atoms with Gasteiger partial charge in [0, 0.05) is 11.6 Å². The number of nitrogens with one attached hydrogen (secondary N) is 1. The van der Waals surface area contributed by atoms with Crippen molar-refractivity contribution in [2.24, 2.45) is 5.41 Å². The molecule has 0 saturated heterocycles. The molecule has 0 unspecified atom stereocenters. The van der Waals surface area contributed by atoms with E-state index in [1.54, 1.807) is 6.07 Å². The smallest absolute Gasteiger partial charge is 0.0782 e. The Kier molecular flexibility index (Phi) is 7.45. The van der Waals surface area contributed by atoms with Crippen molar-refractivity contribution in [1.29, 1.82) is 0 Å². The Bertz CT molecular complexity index is 458. The van der Waals surface area contributed by atoms with Crippen LogP contribution in [0, 0.1) is 5.41 Å². The van der Waals surface area contributed by atoms with Crippen LogP contribution in [0.5, 0.6) is 0 Å². The lowest BCUT2D eigenvalue weighted by Gasteiger charge is -2.25. The molecule has 1 N–H and O–H groups in total. The molecule has 1 rings (SSSR count). The van der Waals surface area contributed by atoms with Crippen molar-refractivity contribution in [2.45, 2.75) is 40.0 Å². The van der Waals surface area contributed by atoms with Gasteiger partial charge in [-0.2, -0.15) is 0 Å². The molecule has 114 valence electrons. The molecule has 20 heavy (non-hydrogen) atoms. The van der Waals surface area contributed by atoms with Gasteiger partial charge < -0.3 is 5.32 Å². The highest BCUT2D eigenvalue weighted by Gasteiger charge is 2.20. The topological polar surface area (TPSA) is 12.0 Å². The van der Waals surface area contributed by atoms with Gasteiger partial charge in [0.2, 0.25) is 0 Å². The van der Waals surface area contributed by atoms with Crippen molar-refractivity contribution in [3.63, 3.8) is 0 Å². The van der Waals surface area contributed by atoms with E-state index in [2.05, 4.69) is 26.1 Å². The largest absolute Gasteiger partial charge is 0.316 e. The molecule has 1 aromatic carbocycles. The second-order valence-electron chi connectivity index (χ2n) is 5.79. The second kappa shape index (κ2) is 8.10. The average Bonchev–Trinajstić information content (AvgIpc) is 2.36. The van der Waals surface area contributed by atoms with Crippen LogP contribution in [0.25, 0.3) is 0 Å². The Morgan fingerprint density at radius 2 is 1.70 bits per heavy atom. The molecule has 0 aliphatic rings. The van der Waals surface area contributed by atoms with Gasteiger partial charge in [0.25, 0.3) is 0 Å². The van der Waals surface area contributed by atoms with Gasteiger partial charge in [-0.15, -0.1) is 0 Å². The van der Waals surface area contributed by atoms with Crippen molar-refractivity contribution in [2.75, 3.05) is 13.1 Å². The van der Waals surface area contributed by atoms with Crippen molar-refractivity contribution in [3.05, 3.63) is 31.7 Å². The van der Waals surface area contributed by atoms with Gasteiger partial charge in [-0.1, -0.05) is 67.2 Å². The third-order valence-corrected chi connectivity index (χ3v) is 4.93. The van der Waals surface area contributed by atoms with Crippen LogP contribution < -0.4 is 5.32 Å². The van der Waals surface area contributed by atoms with Crippen LogP contribution in [0.15, 0.2) is 6.07 Å². The quantitative estimate of drug-likeness (QED) is 0.345.